The molecular weight excluding hydrogens is 224 g/mol. The molecule has 0 spiro atoms. The van der Waals surface area contributed by atoms with Gasteiger partial charge in [0.1, 0.15) is 0 Å². The Morgan fingerprint density at radius 2 is 2.38 bits per heavy atom. The van der Waals surface area contributed by atoms with Gasteiger partial charge >= 0.3 is 6.09 Å². The van der Waals surface area contributed by atoms with E-state index in [2.05, 4.69) is 18.7 Å². The van der Waals surface area contributed by atoms with E-state index in [9.17, 15) is 4.79 Å². The SMILES string of the molecule is CC(C)CN1CSC2=C1C=CN(C(=O)O)C2. The van der Waals surface area contributed by atoms with Gasteiger partial charge in [-0.25, -0.2) is 4.79 Å². The fraction of sp³-hybridized carbons (Fsp3) is 0.545. The first-order valence-electron chi connectivity index (χ1n) is 5.36. The third-order valence-electron chi connectivity index (χ3n) is 2.58. The van der Waals surface area contributed by atoms with Gasteiger partial charge in [-0.05, 0) is 12.0 Å². The summed E-state index contributed by atoms with van der Waals surface area (Å²) in [7, 11) is 0. The third kappa shape index (κ3) is 2.19. The first-order valence-corrected chi connectivity index (χ1v) is 6.35. The van der Waals surface area contributed by atoms with Gasteiger partial charge in [-0.15, -0.1) is 11.8 Å². The number of allylic oxidation sites excluding steroid dienone is 1. The van der Waals surface area contributed by atoms with Crippen LogP contribution in [0.5, 0.6) is 0 Å². The van der Waals surface area contributed by atoms with Crippen LogP contribution in [0.3, 0.4) is 0 Å². The molecule has 1 N–H and O–H groups in total. The molecule has 0 radical (unpaired) electrons. The van der Waals surface area contributed by atoms with Crippen LogP contribution in [0.15, 0.2) is 22.9 Å². The van der Waals surface area contributed by atoms with Crippen molar-refractivity contribution >= 4 is 17.9 Å². The molecule has 0 fully saturated rings. The van der Waals surface area contributed by atoms with E-state index in [0.717, 1.165) is 12.4 Å². The Kier molecular flexibility index (Phi) is 3.14. The van der Waals surface area contributed by atoms with E-state index in [0.29, 0.717) is 12.5 Å². The number of thioether (sulfide) groups is 1. The van der Waals surface area contributed by atoms with E-state index in [1.165, 1.54) is 15.5 Å². The van der Waals surface area contributed by atoms with Gasteiger partial charge in [0, 0.05) is 17.6 Å². The first-order chi connectivity index (χ1) is 7.58. The van der Waals surface area contributed by atoms with Crippen molar-refractivity contribution in [2.24, 2.45) is 5.92 Å². The molecule has 1 amide bonds. The van der Waals surface area contributed by atoms with Gasteiger partial charge in [0.25, 0.3) is 0 Å². The Labute approximate surface area is 99.6 Å². The molecule has 0 saturated carbocycles. The average molecular weight is 240 g/mol. The summed E-state index contributed by atoms with van der Waals surface area (Å²) in [5.41, 5.74) is 1.20. The third-order valence-corrected chi connectivity index (χ3v) is 3.71. The first kappa shape index (κ1) is 11.4. The van der Waals surface area contributed by atoms with Gasteiger partial charge in [0.05, 0.1) is 18.1 Å². The minimum Gasteiger partial charge on any atom is -0.465 e. The van der Waals surface area contributed by atoms with Gasteiger partial charge in [0.15, 0.2) is 0 Å². The van der Waals surface area contributed by atoms with Crippen molar-refractivity contribution in [3.05, 3.63) is 22.9 Å². The molecule has 0 bridgehead atoms. The van der Waals surface area contributed by atoms with Gasteiger partial charge in [-0.1, -0.05) is 13.8 Å². The van der Waals surface area contributed by atoms with Crippen LogP contribution in [0, 0.1) is 5.92 Å². The van der Waals surface area contributed by atoms with Crippen LogP contribution >= 0.6 is 11.8 Å². The monoisotopic (exact) mass is 240 g/mol. The largest absolute Gasteiger partial charge is 0.465 e. The lowest BCUT2D eigenvalue weighted by molar-refractivity contribution is 0.165. The predicted octanol–water partition coefficient (Wildman–Crippen LogP) is 2.37. The summed E-state index contributed by atoms with van der Waals surface area (Å²) >= 11 is 1.75. The summed E-state index contributed by atoms with van der Waals surface area (Å²) < 4.78 is 0. The Balaban J connectivity index is 2.08. The molecule has 0 atom stereocenters. The second-order valence-corrected chi connectivity index (χ2v) is 5.46. The maximum absolute atomic E-state index is 10.8. The number of hydrogen-bond donors (Lipinski definition) is 1. The molecule has 0 aliphatic carbocycles. The van der Waals surface area contributed by atoms with E-state index in [-0.39, 0.29) is 0 Å². The molecule has 16 heavy (non-hydrogen) atoms. The Bertz CT molecular complexity index is 363. The smallest absolute Gasteiger partial charge is 0.411 e. The molecule has 5 heteroatoms. The van der Waals surface area contributed by atoms with Crippen molar-refractivity contribution < 1.29 is 9.90 Å². The highest BCUT2D eigenvalue weighted by Gasteiger charge is 2.27. The summed E-state index contributed by atoms with van der Waals surface area (Å²) in [6.45, 7) is 5.92. The lowest BCUT2D eigenvalue weighted by Gasteiger charge is -2.25. The highest BCUT2D eigenvalue weighted by Crippen LogP contribution is 2.35. The summed E-state index contributed by atoms with van der Waals surface area (Å²) in [6, 6.07) is 0. The Morgan fingerprint density at radius 3 is 3.00 bits per heavy atom. The number of amides is 1. The quantitative estimate of drug-likeness (QED) is 0.804. The van der Waals surface area contributed by atoms with E-state index in [1.807, 2.05) is 6.08 Å². The molecule has 0 unspecified atom stereocenters. The van der Waals surface area contributed by atoms with Crippen LogP contribution in [0.25, 0.3) is 0 Å². The molecule has 0 saturated heterocycles. The average Bonchev–Trinajstić information content (AvgIpc) is 2.60. The minimum absolute atomic E-state index is 0.500. The second-order valence-electron chi connectivity index (χ2n) is 4.42. The van der Waals surface area contributed by atoms with E-state index in [1.54, 1.807) is 18.0 Å². The molecule has 2 heterocycles. The molecule has 4 nitrogen and oxygen atoms in total. The van der Waals surface area contributed by atoms with E-state index >= 15 is 0 Å². The van der Waals surface area contributed by atoms with Crippen LogP contribution in [0.4, 0.5) is 4.79 Å². The van der Waals surface area contributed by atoms with Crippen molar-refractivity contribution in [3.63, 3.8) is 0 Å². The highest BCUT2D eigenvalue weighted by molar-refractivity contribution is 8.03. The number of nitrogens with zero attached hydrogens (tertiary/aromatic N) is 2. The standard InChI is InChI=1S/C11H16N2O2S/c1-8(2)5-13-7-16-10-6-12(11(14)15)4-3-9(10)13/h3-4,8H,5-7H2,1-2H3,(H,14,15). The minimum atomic E-state index is -0.884. The van der Waals surface area contributed by atoms with E-state index in [4.69, 9.17) is 5.11 Å². The lowest BCUT2D eigenvalue weighted by atomic mass is 10.2. The fourth-order valence-corrected chi connectivity index (χ4v) is 3.02. The fourth-order valence-electron chi connectivity index (χ4n) is 1.89. The van der Waals surface area contributed by atoms with Gasteiger partial charge < -0.3 is 10.0 Å². The summed E-state index contributed by atoms with van der Waals surface area (Å²) in [5, 5.41) is 8.90. The Morgan fingerprint density at radius 1 is 1.62 bits per heavy atom. The zero-order valence-electron chi connectivity index (χ0n) is 9.51. The molecule has 2 aliphatic rings. The van der Waals surface area contributed by atoms with Gasteiger partial charge in [-0.3, -0.25) is 4.90 Å². The molecule has 2 aliphatic heterocycles. The maximum Gasteiger partial charge on any atom is 0.411 e. The molecule has 88 valence electrons. The predicted molar refractivity (Wildman–Crippen MR) is 64.9 cm³/mol. The highest BCUT2D eigenvalue weighted by atomic mass is 32.2. The van der Waals surface area contributed by atoms with Crippen molar-refractivity contribution in [3.8, 4) is 0 Å². The van der Waals surface area contributed by atoms with Gasteiger partial charge in [0.2, 0.25) is 0 Å². The normalized spacial score (nSPS) is 19.7. The number of carbonyl (C=O) groups is 1. The summed E-state index contributed by atoms with van der Waals surface area (Å²) in [5.74, 6) is 1.57. The lowest BCUT2D eigenvalue weighted by Crippen LogP contribution is -2.29. The molecular formula is C11H16N2O2S. The van der Waals surface area contributed by atoms with Crippen LogP contribution in [0.2, 0.25) is 0 Å². The van der Waals surface area contributed by atoms with Crippen molar-refractivity contribution in [1.29, 1.82) is 0 Å². The Hall–Kier alpha value is -1.10. The number of hydrogen-bond acceptors (Lipinski definition) is 3. The molecule has 0 aromatic heterocycles. The topological polar surface area (TPSA) is 43.8 Å². The van der Waals surface area contributed by atoms with Crippen molar-refractivity contribution in [2.75, 3.05) is 19.0 Å². The summed E-state index contributed by atoms with van der Waals surface area (Å²) in [6.07, 6.45) is 2.68. The van der Waals surface area contributed by atoms with Crippen molar-refractivity contribution in [1.82, 2.24) is 9.80 Å². The zero-order chi connectivity index (χ0) is 11.7. The second kappa shape index (κ2) is 4.41. The zero-order valence-corrected chi connectivity index (χ0v) is 10.3. The number of carboxylic acid groups (broad SMARTS) is 1. The van der Waals surface area contributed by atoms with Crippen LogP contribution < -0.4 is 0 Å². The number of rotatable bonds is 2. The van der Waals surface area contributed by atoms with Gasteiger partial charge in [-0.2, -0.15) is 0 Å². The van der Waals surface area contributed by atoms with Crippen LogP contribution in [0.1, 0.15) is 13.8 Å². The maximum atomic E-state index is 10.8. The van der Waals surface area contributed by atoms with Crippen LogP contribution in [-0.2, 0) is 0 Å². The van der Waals surface area contributed by atoms with Crippen molar-refractivity contribution in [2.45, 2.75) is 13.8 Å². The summed E-state index contributed by atoms with van der Waals surface area (Å²) in [4.78, 5) is 15.6. The van der Waals surface area contributed by atoms with Crippen LogP contribution in [-0.4, -0.2) is 40.0 Å². The molecule has 0 aromatic carbocycles. The van der Waals surface area contributed by atoms with E-state index < -0.39 is 6.09 Å². The molecule has 2 rings (SSSR count). The molecule has 0 aromatic rings.